The molecule has 2 atom stereocenters. The molecule has 0 spiro atoms. The average Bonchev–Trinajstić information content (AvgIpc) is 3.77. The van der Waals surface area contributed by atoms with Gasteiger partial charge in [-0.3, -0.25) is 9.98 Å². The third-order valence-electron chi connectivity index (χ3n) is 7.43. The van der Waals surface area contributed by atoms with Gasteiger partial charge in [-0.2, -0.15) is 13.9 Å². The van der Waals surface area contributed by atoms with Gasteiger partial charge in [0.15, 0.2) is 10.8 Å². The van der Waals surface area contributed by atoms with Gasteiger partial charge in [0.25, 0.3) is 0 Å². The van der Waals surface area contributed by atoms with Crippen molar-refractivity contribution in [3.8, 4) is 0 Å². The van der Waals surface area contributed by atoms with E-state index >= 15 is 0 Å². The molecule has 1 N–H and O–H groups in total. The summed E-state index contributed by atoms with van der Waals surface area (Å²) in [7, 11) is -3.98. The molecule has 1 saturated heterocycles. The van der Waals surface area contributed by atoms with E-state index in [9.17, 15) is 21.6 Å². The molecule has 3 aromatic heterocycles. The monoisotopic (exact) mass is 655 g/mol. The summed E-state index contributed by atoms with van der Waals surface area (Å²) in [5.74, 6) is -0.0905. The fourth-order valence-electron chi connectivity index (χ4n) is 5.54. The van der Waals surface area contributed by atoms with Crippen LogP contribution in [0.5, 0.6) is 0 Å². The fraction of sp³-hybridized carbons (Fsp3) is 0.172. The molecule has 2 aromatic carbocycles. The zero-order chi connectivity index (χ0) is 30.6. The molecule has 15 heteroatoms. The summed E-state index contributed by atoms with van der Waals surface area (Å²) < 4.78 is 71.8. The largest absolute Gasteiger partial charge is 0.333 e. The van der Waals surface area contributed by atoms with Crippen molar-refractivity contribution in [1.82, 2.24) is 29.4 Å². The molecule has 9 nitrogen and oxygen atoms in total. The van der Waals surface area contributed by atoms with Crippen LogP contribution in [-0.4, -0.2) is 51.5 Å². The Morgan fingerprint density at radius 1 is 1.07 bits per heavy atom. The number of hydrogen-bond acceptors (Lipinski definition) is 8. The molecule has 0 saturated carbocycles. The van der Waals surface area contributed by atoms with E-state index in [1.807, 2.05) is 4.90 Å². The van der Waals surface area contributed by atoms with Crippen LogP contribution < -0.4 is 4.72 Å². The molecule has 1 fully saturated rings. The Kier molecular flexibility index (Phi) is 7.23. The normalized spacial score (nSPS) is 18.8. The number of alkyl halides is 2. The zero-order valence-electron chi connectivity index (χ0n) is 22.5. The maximum Gasteiger partial charge on any atom is 0.333 e. The van der Waals surface area contributed by atoms with Crippen molar-refractivity contribution in [3.05, 3.63) is 111 Å². The second-order valence-corrected chi connectivity index (χ2v) is 13.2. The van der Waals surface area contributed by atoms with E-state index in [1.165, 1.54) is 35.6 Å². The van der Waals surface area contributed by atoms with Crippen LogP contribution in [-0.2, 0) is 10.0 Å². The Hall–Kier alpha value is -4.11. The molecular formula is C29H21ClF3N7O2S2. The second kappa shape index (κ2) is 11.1. The van der Waals surface area contributed by atoms with Crippen molar-refractivity contribution < 1.29 is 21.6 Å². The van der Waals surface area contributed by atoms with Crippen molar-refractivity contribution in [2.75, 3.05) is 6.54 Å². The first-order valence-electron chi connectivity index (χ1n) is 13.3. The lowest BCUT2D eigenvalue weighted by atomic mass is 9.92. The van der Waals surface area contributed by atoms with Crippen LogP contribution in [0.25, 0.3) is 16.5 Å². The third-order valence-corrected chi connectivity index (χ3v) is 10.0. The summed E-state index contributed by atoms with van der Waals surface area (Å²) in [4.78, 5) is 15.6. The van der Waals surface area contributed by atoms with Crippen LogP contribution in [0.4, 0.5) is 13.2 Å². The number of pyridine rings is 1. The molecule has 0 radical (unpaired) electrons. The maximum absolute atomic E-state index is 14.1. The van der Waals surface area contributed by atoms with Gasteiger partial charge in [0, 0.05) is 70.2 Å². The van der Waals surface area contributed by atoms with E-state index in [0.29, 0.717) is 43.3 Å². The summed E-state index contributed by atoms with van der Waals surface area (Å²) in [5.41, 5.74) is 2.38. The van der Waals surface area contributed by atoms with Gasteiger partial charge < -0.3 is 4.90 Å². The topological polar surface area (TPSA) is 105 Å². The second-order valence-electron chi connectivity index (χ2n) is 10.2. The number of amidine groups is 1. The molecule has 0 amide bonds. The minimum atomic E-state index is -3.98. The lowest BCUT2D eigenvalue weighted by Crippen LogP contribution is -2.39. The van der Waals surface area contributed by atoms with Gasteiger partial charge >= 0.3 is 6.55 Å². The Labute approximate surface area is 258 Å². The molecule has 2 aliphatic rings. The van der Waals surface area contributed by atoms with Gasteiger partial charge in [-0.25, -0.2) is 27.2 Å². The van der Waals surface area contributed by atoms with Gasteiger partial charge in [0.05, 0.1) is 16.1 Å². The molecule has 0 unspecified atom stereocenters. The van der Waals surface area contributed by atoms with Crippen molar-refractivity contribution in [3.63, 3.8) is 0 Å². The van der Waals surface area contributed by atoms with Gasteiger partial charge in [-0.15, -0.1) is 11.3 Å². The Bertz CT molecular complexity index is 2070. The van der Waals surface area contributed by atoms with Gasteiger partial charge in [0.2, 0.25) is 10.0 Å². The summed E-state index contributed by atoms with van der Waals surface area (Å²) in [6.45, 7) is -2.69. The minimum absolute atomic E-state index is 0.0811. The number of nitrogens with one attached hydrogen (secondary N) is 1. The van der Waals surface area contributed by atoms with Crippen molar-refractivity contribution >= 4 is 55.3 Å². The van der Waals surface area contributed by atoms with Crippen LogP contribution in [0.3, 0.4) is 0 Å². The highest BCUT2D eigenvalue weighted by molar-refractivity contribution is 7.89. The number of hydrogen-bond donors (Lipinski definition) is 1. The summed E-state index contributed by atoms with van der Waals surface area (Å²) in [6.07, 6.45) is 4.60. The number of aromatic nitrogens is 4. The lowest BCUT2D eigenvalue weighted by molar-refractivity contribution is 0.0564. The highest BCUT2D eigenvalue weighted by atomic mass is 35.5. The van der Waals surface area contributed by atoms with Crippen LogP contribution >= 0.6 is 22.9 Å². The molecule has 0 aliphatic carbocycles. The summed E-state index contributed by atoms with van der Waals surface area (Å²) >= 11 is 7.85. The van der Waals surface area contributed by atoms with E-state index in [4.69, 9.17) is 16.6 Å². The molecule has 7 rings (SSSR count). The molecule has 224 valence electrons. The van der Waals surface area contributed by atoms with E-state index in [-0.39, 0.29) is 28.6 Å². The number of aliphatic imine (C=N–C) groups is 1. The number of fused-ring (bicyclic) bond motifs is 2. The average molecular weight is 656 g/mol. The Morgan fingerprint density at radius 2 is 1.93 bits per heavy atom. The van der Waals surface area contributed by atoms with Crippen molar-refractivity contribution in [1.29, 1.82) is 0 Å². The molecule has 44 heavy (non-hydrogen) atoms. The first-order chi connectivity index (χ1) is 21.2. The number of halogens is 4. The van der Waals surface area contributed by atoms with E-state index in [2.05, 4.69) is 19.8 Å². The number of thiazole rings is 1. The smallest absolute Gasteiger partial charge is 0.326 e. The predicted octanol–water partition coefficient (Wildman–Crippen LogP) is 6.04. The van der Waals surface area contributed by atoms with E-state index < -0.39 is 34.5 Å². The zero-order valence-corrected chi connectivity index (χ0v) is 24.9. The quantitative estimate of drug-likeness (QED) is 0.229. The van der Waals surface area contributed by atoms with Crippen molar-refractivity contribution in [2.45, 2.75) is 29.9 Å². The third kappa shape index (κ3) is 5.17. The molecule has 0 bridgehead atoms. The fourth-order valence-corrected chi connectivity index (χ4v) is 7.71. The highest BCUT2D eigenvalue weighted by Gasteiger charge is 2.42. The first-order valence-corrected chi connectivity index (χ1v) is 16.1. The van der Waals surface area contributed by atoms with E-state index in [0.717, 1.165) is 12.3 Å². The molecule has 5 heterocycles. The Balaban J connectivity index is 1.34. The standard InChI is InChI=1S/C29H21ClF3N7O2S2/c30-21-13-17(31)3-5-20(21)26-25(23-7-10-40(37-23)29(32)33)24-14-18(15-39(24)27(36-26)28-35-9-11-43-28)38-44(41,42)19-4-6-22-16(12-19)2-1-8-34-22/h1-13,18,26,29,38H,14-15H2/t18-,26-/m0/s1. The van der Waals surface area contributed by atoms with Crippen LogP contribution in [0, 0.1) is 5.82 Å². The summed E-state index contributed by atoms with van der Waals surface area (Å²) in [5, 5.41) is 7.24. The highest BCUT2D eigenvalue weighted by Crippen LogP contribution is 2.46. The van der Waals surface area contributed by atoms with E-state index in [1.54, 1.807) is 42.0 Å². The number of rotatable bonds is 7. The minimum Gasteiger partial charge on any atom is -0.326 e. The van der Waals surface area contributed by atoms with Gasteiger partial charge in [-0.05, 0) is 42.5 Å². The van der Waals surface area contributed by atoms with Crippen LogP contribution in [0.15, 0.2) is 94.2 Å². The predicted molar refractivity (Wildman–Crippen MR) is 160 cm³/mol. The first kappa shape index (κ1) is 28.6. The maximum atomic E-state index is 14.1. The van der Waals surface area contributed by atoms with Crippen LogP contribution in [0.2, 0.25) is 5.02 Å². The SMILES string of the molecule is O=S(=O)(N[C@H]1CC2=C(c3ccn(C(F)F)n3)[C@H](c3ccc(F)cc3Cl)N=C(c3nccs3)N2C1)c1ccc2ncccc2c1. The van der Waals surface area contributed by atoms with Crippen LogP contribution in [0.1, 0.15) is 35.3 Å². The van der Waals surface area contributed by atoms with Gasteiger partial charge in [0.1, 0.15) is 11.9 Å². The number of nitrogens with zero attached hydrogens (tertiary/aromatic N) is 6. The Morgan fingerprint density at radius 3 is 2.68 bits per heavy atom. The number of benzene rings is 2. The number of sulfonamides is 1. The molecule has 5 aromatic rings. The lowest BCUT2D eigenvalue weighted by Gasteiger charge is -2.32. The molecular weight excluding hydrogens is 635 g/mol. The summed E-state index contributed by atoms with van der Waals surface area (Å²) in [6, 6.07) is 12.1. The molecule has 2 aliphatic heterocycles. The van der Waals surface area contributed by atoms with Gasteiger partial charge in [-0.1, -0.05) is 23.7 Å². The van der Waals surface area contributed by atoms with Crippen molar-refractivity contribution in [2.24, 2.45) is 4.99 Å².